The van der Waals surface area contributed by atoms with Gasteiger partial charge in [0, 0.05) is 12.7 Å². The average molecular weight is 342 g/mol. The Morgan fingerprint density at radius 1 is 1.12 bits per heavy atom. The van der Waals surface area contributed by atoms with E-state index in [2.05, 4.69) is 67.7 Å². The van der Waals surface area contributed by atoms with E-state index in [0.29, 0.717) is 6.61 Å². The Labute approximate surface area is 145 Å². The lowest BCUT2D eigenvalue weighted by atomic mass is 10.2. The number of aromatic amines is 1. The number of hydrogen-bond donors (Lipinski definition) is 1. The van der Waals surface area contributed by atoms with Crippen LogP contribution < -0.4 is 0 Å². The van der Waals surface area contributed by atoms with Crippen LogP contribution in [0.3, 0.4) is 0 Å². The Kier molecular flexibility index (Phi) is 4.40. The summed E-state index contributed by atoms with van der Waals surface area (Å²) in [6.07, 6.45) is 1.94. The van der Waals surface area contributed by atoms with E-state index in [4.69, 9.17) is 9.41 Å². The van der Waals surface area contributed by atoms with Crippen LogP contribution in [0.1, 0.15) is 20.8 Å². The number of benzene rings is 1. The van der Waals surface area contributed by atoms with Crippen molar-refractivity contribution < 1.29 is 4.43 Å². The molecule has 24 heavy (non-hydrogen) atoms. The van der Waals surface area contributed by atoms with E-state index in [9.17, 15) is 0 Å². The third-order valence-corrected chi connectivity index (χ3v) is 9.62. The highest BCUT2D eigenvalue weighted by Crippen LogP contribution is 2.36. The van der Waals surface area contributed by atoms with Gasteiger partial charge in [-0.05, 0) is 42.4 Å². The third kappa shape index (κ3) is 3.19. The molecule has 0 unspecified atom stereocenters. The molecule has 0 aliphatic rings. The molecule has 0 saturated carbocycles. The fourth-order valence-electron chi connectivity index (χ4n) is 2.59. The van der Waals surface area contributed by atoms with Gasteiger partial charge in [0.2, 0.25) is 0 Å². The number of nitrogens with one attached hydrogen (secondary N) is 1. The van der Waals surface area contributed by atoms with Crippen LogP contribution in [0.4, 0.5) is 0 Å². The summed E-state index contributed by atoms with van der Waals surface area (Å²) in [5.74, 6) is 0.972. The van der Waals surface area contributed by atoms with Crippen molar-refractivity contribution in [3.63, 3.8) is 0 Å². The second kappa shape index (κ2) is 6.22. The molecule has 0 bridgehead atoms. The molecule has 0 radical (unpaired) electrons. The van der Waals surface area contributed by atoms with Gasteiger partial charge >= 0.3 is 0 Å². The standard InChI is InChI=1S/C19H27N3OSi/c1-19(2,3)24(4,5)23-14-13-22-17-11-7-6-9-15(17)21-18(22)16-10-8-12-20-16/h6-12,20H,13-14H2,1-5H3. The minimum atomic E-state index is -1.73. The smallest absolute Gasteiger partial charge is 0.192 e. The maximum Gasteiger partial charge on any atom is 0.192 e. The van der Waals surface area contributed by atoms with E-state index in [1.54, 1.807) is 0 Å². The van der Waals surface area contributed by atoms with Crippen molar-refractivity contribution in [3.8, 4) is 11.5 Å². The van der Waals surface area contributed by atoms with Crippen LogP contribution >= 0.6 is 0 Å². The average Bonchev–Trinajstić information content (AvgIpc) is 3.13. The highest BCUT2D eigenvalue weighted by atomic mass is 28.4. The van der Waals surface area contributed by atoms with Gasteiger partial charge in [0.25, 0.3) is 0 Å². The summed E-state index contributed by atoms with van der Waals surface area (Å²) in [4.78, 5) is 8.08. The van der Waals surface area contributed by atoms with Gasteiger partial charge in [0.05, 0.1) is 23.3 Å². The monoisotopic (exact) mass is 341 g/mol. The number of rotatable bonds is 5. The summed E-state index contributed by atoms with van der Waals surface area (Å²) in [5, 5.41) is 0.228. The summed E-state index contributed by atoms with van der Waals surface area (Å²) < 4.78 is 8.63. The van der Waals surface area contributed by atoms with Gasteiger partial charge in [-0.3, -0.25) is 0 Å². The molecule has 3 aromatic rings. The number of imidazole rings is 1. The molecule has 1 aromatic carbocycles. The maximum atomic E-state index is 6.37. The second-order valence-electron chi connectivity index (χ2n) is 7.77. The molecule has 0 spiro atoms. The zero-order valence-corrected chi connectivity index (χ0v) is 16.3. The van der Waals surface area contributed by atoms with Gasteiger partial charge in [-0.1, -0.05) is 32.9 Å². The molecule has 1 N–H and O–H groups in total. The Hall–Kier alpha value is -1.85. The molecule has 0 aliphatic carbocycles. The normalized spacial score (nSPS) is 12.9. The van der Waals surface area contributed by atoms with Crippen LogP contribution in [0.25, 0.3) is 22.6 Å². The zero-order valence-electron chi connectivity index (χ0n) is 15.3. The molecular weight excluding hydrogens is 314 g/mol. The Bertz CT molecular complexity index is 813. The summed E-state index contributed by atoms with van der Waals surface area (Å²) >= 11 is 0. The highest BCUT2D eigenvalue weighted by molar-refractivity contribution is 6.74. The van der Waals surface area contributed by atoms with Crippen molar-refractivity contribution in [2.75, 3.05) is 6.61 Å². The van der Waals surface area contributed by atoms with E-state index in [0.717, 1.165) is 29.1 Å². The third-order valence-electron chi connectivity index (χ3n) is 5.08. The molecule has 0 fully saturated rings. The largest absolute Gasteiger partial charge is 0.415 e. The Balaban J connectivity index is 1.87. The van der Waals surface area contributed by atoms with Crippen molar-refractivity contribution >= 4 is 19.4 Å². The molecule has 0 saturated heterocycles. The number of aromatic nitrogens is 3. The molecular formula is C19H27N3OSi. The van der Waals surface area contributed by atoms with Gasteiger partial charge in [0.1, 0.15) is 0 Å². The molecule has 128 valence electrons. The maximum absolute atomic E-state index is 6.37. The van der Waals surface area contributed by atoms with Gasteiger partial charge in [-0.15, -0.1) is 0 Å². The van der Waals surface area contributed by atoms with Crippen molar-refractivity contribution in [3.05, 3.63) is 42.6 Å². The van der Waals surface area contributed by atoms with Gasteiger partial charge in [-0.2, -0.15) is 0 Å². The first-order chi connectivity index (χ1) is 11.3. The van der Waals surface area contributed by atoms with E-state index in [1.165, 1.54) is 0 Å². The quantitative estimate of drug-likeness (QED) is 0.660. The van der Waals surface area contributed by atoms with Crippen molar-refractivity contribution in [2.45, 2.75) is 45.4 Å². The number of para-hydroxylation sites is 2. The molecule has 2 aromatic heterocycles. The molecule has 2 heterocycles. The van der Waals surface area contributed by atoms with Crippen molar-refractivity contribution in [1.29, 1.82) is 0 Å². The lowest BCUT2D eigenvalue weighted by Gasteiger charge is -2.36. The fourth-order valence-corrected chi connectivity index (χ4v) is 3.62. The van der Waals surface area contributed by atoms with Gasteiger partial charge in [-0.25, -0.2) is 4.98 Å². The number of fused-ring (bicyclic) bond motifs is 1. The molecule has 3 rings (SSSR count). The SMILES string of the molecule is CC(C)(C)[Si](C)(C)OCCn1c(-c2ccc[nH]2)nc2ccccc21. The minimum absolute atomic E-state index is 0.228. The molecule has 0 amide bonds. The summed E-state index contributed by atoms with van der Waals surface area (Å²) in [5.41, 5.74) is 3.22. The first-order valence-corrected chi connectivity index (χ1v) is 11.4. The molecule has 0 aliphatic heterocycles. The summed E-state index contributed by atoms with van der Waals surface area (Å²) in [6, 6.07) is 12.4. The Morgan fingerprint density at radius 3 is 2.54 bits per heavy atom. The van der Waals surface area contributed by atoms with E-state index in [-0.39, 0.29) is 5.04 Å². The second-order valence-corrected chi connectivity index (χ2v) is 12.6. The van der Waals surface area contributed by atoms with Crippen molar-refractivity contribution in [1.82, 2.24) is 14.5 Å². The van der Waals surface area contributed by atoms with E-state index in [1.807, 2.05) is 18.3 Å². The summed E-state index contributed by atoms with van der Waals surface area (Å²) in [6.45, 7) is 12.9. The number of nitrogens with zero attached hydrogens (tertiary/aromatic N) is 2. The van der Waals surface area contributed by atoms with Crippen LogP contribution in [-0.2, 0) is 11.0 Å². The van der Waals surface area contributed by atoms with E-state index >= 15 is 0 Å². The zero-order chi connectivity index (χ0) is 17.4. The van der Waals surface area contributed by atoms with Crippen molar-refractivity contribution in [2.24, 2.45) is 0 Å². The van der Waals surface area contributed by atoms with Gasteiger partial charge < -0.3 is 14.0 Å². The Morgan fingerprint density at radius 2 is 1.88 bits per heavy atom. The topological polar surface area (TPSA) is 42.8 Å². The first kappa shape index (κ1) is 17.0. The molecule has 4 nitrogen and oxygen atoms in total. The van der Waals surface area contributed by atoms with Crippen LogP contribution in [0, 0.1) is 0 Å². The van der Waals surface area contributed by atoms with Crippen LogP contribution in [0.2, 0.25) is 18.1 Å². The molecule has 5 heteroatoms. The van der Waals surface area contributed by atoms with Crippen LogP contribution in [0.5, 0.6) is 0 Å². The lowest BCUT2D eigenvalue weighted by Crippen LogP contribution is -2.41. The van der Waals surface area contributed by atoms with Gasteiger partial charge in [0.15, 0.2) is 14.1 Å². The lowest BCUT2D eigenvalue weighted by molar-refractivity contribution is 0.274. The summed E-state index contributed by atoms with van der Waals surface area (Å²) in [7, 11) is -1.73. The minimum Gasteiger partial charge on any atom is -0.415 e. The predicted octanol–water partition coefficient (Wildman–Crippen LogP) is 5.05. The predicted molar refractivity (Wildman–Crippen MR) is 103 cm³/mol. The first-order valence-electron chi connectivity index (χ1n) is 8.52. The number of hydrogen-bond acceptors (Lipinski definition) is 2. The number of H-pyrrole nitrogens is 1. The van der Waals surface area contributed by atoms with E-state index < -0.39 is 8.32 Å². The highest BCUT2D eigenvalue weighted by Gasteiger charge is 2.36. The fraction of sp³-hybridized carbons (Fsp3) is 0.421. The molecule has 0 atom stereocenters. The van der Waals surface area contributed by atoms with Crippen LogP contribution in [-0.4, -0.2) is 29.5 Å². The van der Waals surface area contributed by atoms with Crippen LogP contribution in [0.15, 0.2) is 42.6 Å².